The lowest BCUT2D eigenvalue weighted by Gasteiger charge is -2.00. The zero-order chi connectivity index (χ0) is 19.2. The summed E-state index contributed by atoms with van der Waals surface area (Å²) in [5, 5.41) is 28.5. The maximum absolute atomic E-state index is 12.7. The third kappa shape index (κ3) is 2.60. The van der Waals surface area contributed by atoms with Gasteiger partial charge in [-0.25, -0.2) is 18.0 Å². The summed E-state index contributed by atoms with van der Waals surface area (Å²) in [5.74, 6) is -1.12. The monoisotopic (exact) mass is 400 g/mol. The standard InChI is InChI=1S/C10H8N8O6S2/c1-15-4-12-7(18(21)22)9(15)26(23,24)10-14-13-8(25-10)6-11-3-5(16(6)2)17(19)20/h3-4H,1-2H3. The third-order valence-corrected chi connectivity index (χ3v) is 6.41. The topological polar surface area (TPSA) is 182 Å². The molecule has 14 nitrogen and oxygen atoms in total. The van der Waals surface area contributed by atoms with E-state index in [9.17, 15) is 28.6 Å². The van der Waals surface area contributed by atoms with Crippen molar-refractivity contribution in [1.82, 2.24) is 29.3 Å². The number of hydrogen-bond donors (Lipinski definition) is 0. The van der Waals surface area contributed by atoms with E-state index in [-0.39, 0.29) is 16.6 Å². The van der Waals surface area contributed by atoms with Gasteiger partial charge in [-0.3, -0.25) is 4.57 Å². The highest BCUT2D eigenvalue weighted by atomic mass is 32.2. The van der Waals surface area contributed by atoms with E-state index >= 15 is 0 Å². The second-order valence-electron chi connectivity index (χ2n) is 4.87. The van der Waals surface area contributed by atoms with Gasteiger partial charge in [-0.05, 0) is 14.8 Å². The minimum atomic E-state index is -4.38. The average molecular weight is 400 g/mol. The van der Waals surface area contributed by atoms with Gasteiger partial charge in [-0.2, -0.15) is 0 Å². The van der Waals surface area contributed by atoms with Crippen molar-refractivity contribution in [2.75, 3.05) is 0 Å². The Morgan fingerprint density at radius 1 is 1.12 bits per heavy atom. The van der Waals surface area contributed by atoms with E-state index in [1.165, 1.54) is 14.1 Å². The van der Waals surface area contributed by atoms with E-state index in [0.29, 0.717) is 11.3 Å². The predicted octanol–water partition coefficient (Wildman–Crippen LogP) is 0.321. The molecule has 0 bridgehead atoms. The minimum absolute atomic E-state index is 0.00370. The van der Waals surface area contributed by atoms with Crippen LogP contribution in [0.4, 0.5) is 11.6 Å². The summed E-state index contributed by atoms with van der Waals surface area (Å²) in [6.07, 6.45) is 1.99. The van der Waals surface area contributed by atoms with Gasteiger partial charge in [0.2, 0.25) is 20.7 Å². The first-order valence-electron chi connectivity index (χ1n) is 6.55. The van der Waals surface area contributed by atoms with E-state index in [0.717, 1.165) is 21.7 Å². The first-order chi connectivity index (χ1) is 12.1. The number of aromatic nitrogens is 6. The molecule has 3 rings (SSSR count). The highest BCUT2D eigenvalue weighted by Gasteiger charge is 2.36. The molecule has 0 aliphatic heterocycles. The van der Waals surface area contributed by atoms with Gasteiger partial charge in [0.1, 0.15) is 6.20 Å². The molecule has 0 N–H and O–H groups in total. The number of nitrogens with zero attached hydrogens (tertiary/aromatic N) is 8. The lowest BCUT2D eigenvalue weighted by atomic mass is 10.6. The van der Waals surface area contributed by atoms with Crippen LogP contribution >= 0.6 is 11.3 Å². The zero-order valence-corrected chi connectivity index (χ0v) is 14.6. The molecule has 3 aromatic heterocycles. The summed E-state index contributed by atoms with van der Waals surface area (Å²) < 4.78 is 27.0. The van der Waals surface area contributed by atoms with E-state index in [1.54, 1.807) is 0 Å². The highest BCUT2D eigenvalue weighted by molar-refractivity contribution is 7.93. The van der Waals surface area contributed by atoms with Crippen molar-refractivity contribution in [3.8, 4) is 10.8 Å². The first-order valence-corrected chi connectivity index (χ1v) is 8.85. The fraction of sp³-hybridized carbons (Fsp3) is 0.200. The second kappa shape index (κ2) is 5.92. The molecule has 3 heterocycles. The van der Waals surface area contributed by atoms with Gasteiger partial charge in [0.25, 0.3) is 15.7 Å². The molecule has 0 unspecified atom stereocenters. The second-order valence-corrected chi connectivity index (χ2v) is 7.89. The van der Waals surface area contributed by atoms with Crippen LogP contribution in [-0.4, -0.2) is 47.6 Å². The molecule has 0 amide bonds. The molecule has 0 aromatic carbocycles. The van der Waals surface area contributed by atoms with Crippen LogP contribution in [0.3, 0.4) is 0 Å². The number of sulfone groups is 1. The molecule has 0 radical (unpaired) electrons. The predicted molar refractivity (Wildman–Crippen MR) is 84.1 cm³/mol. The molecule has 16 heteroatoms. The number of hydrogen-bond acceptors (Lipinski definition) is 11. The number of nitro groups is 2. The first kappa shape index (κ1) is 17.5. The van der Waals surface area contributed by atoms with Crippen molar-refractivity contribution in [3.63, 3.8) is 0 Å². The van der Waals surface area contributed by atoms with E-state index in [1.807, 2.05) is 0 Å². The molecule has 136 valence electrons. The zero-order valence-electron chi connectivity index (χ0n) is 13.0. The summed E-state index contributed by atoms with van der Waals surface area (Å²) in [6.45, 7) is 0. The summed E-state index contributed by atoms with van der Waals surface area (Å²) in [7, 11) is -1.73. The molecule has 26 heavy (non-hydrogen) atoms. The Balaban J connectivity index is 2.09. The summed E-state index contributed by atoms with van der Waals surface area (Å²) in [6, 6.07) is 0. The van der Waals surface area contributed by atoms with Crippen molar-refractivity contribution in [2.45, 2.75) is 9.37 Å². The third-order valence-electron chi connectivity index (χ3n) is 3.27. The van der Waals surface area contributed by atoms with Gasteiger partial charge in [-0.1, -0.05) is 11.3 Å². The van der Waals surface area contributed by atoms with Crippen molar-refractivity contribution < 1.29 is 18.3 Å². The molecule has 3 aromatic rings. The van der Waals surface area contributed by atoms with Crippen molar-refractivity contribution in [1.29, 1.82) is 0 Å². The van der Waals surface area contributed by atoms with Crippen LogP contribution < -0.4 is 0 Å². The van der Waals surface area contributed by atoms with Crippen molar-refractivity contribution in [2.24, 2.45) is 14.1 Å². The Kier molecular flexibility index (Phi) is 3.99. The number of aryl methyl sites for hydroxylation is 1. The van der Waals surface area contributed by atoms with E-state index < -0.39 is 34.9 Å². The molecule has 0 spiro atoms. The van der Waals surface area contributed by atoms with Crippen LogP contribution in [0, 0.1) is 20.2 Å². The largest absolute Gasteiger partial charge is 0.401 e. The van der Waals surface area contributed by atoms with Gasteiger partial charge in [0.05, 0.1) is 7.05 Å². The molecule has 0 aliphatic carbocycles. The highest BCUT2D eigenvalue weighted by Crippen LogP contribution is 2.32. The van der Waals surface area contributed by atoms with Crippen LogP contribution in [0.25, 0.3) is 10.8 Å². The van der Waals surface area contributed by atoms with Crippen LogP contribution in [0.15, 0.2) is 21.9 Å². The fourth-order valence-corrected chi connectivity index (χ4v) is 4.73. The summed E-state index contributed by atoms with van der Waals surface area (Å²) in [4.78, 5) is 27.6. The Bertz CT molecular complexity index is 1140. The Morgan fingerprint density at radius 2 is 1.81 bits per heavy atom. The number of rotatable bonds is 5. The molecule has 0 atom stereocenters. The maximum Gasteiger partial charge on any atom is 0.401 e. The minimum Gasteiger partial charge on any atom is -0.358 e. The van der Waals surface area contributed by atoms with Crippen molar-refractivity contribution >= 4 is 32.8 Å². The van der Waals surface area contributed by atoms with Crippen LogP contribution in [0.5, 0.6) is 0 Å². The quantitative estimate of drug-likeness (QED) is 0.427. The summed E-state index contributed by atoms with van der Waals surface area (Å²) >= 11 is 0.580. The summed E-state index contributed by atoms with van der Waals surface area (Å²) in [5.41, 5.74) is 0. The Hall–Kier alpha value is -3.27. The lowest BCUT2D eigenvalue weighted by molar-refractivity contribution is -0.392. The SMILES string of the molecule is Cn1cnc([N+](=O)[O-])c1S(=O)(=O)c1nnc(-c2ncc([N+](=O)[O-])n2C)s1. The molecular formula is C10H8N8O6S2. The molecular weight excluding hydrogens is 392 g/mol. The Morgan fingerprint density at radius 3 is 2.38 bits per heavy atom. The molecule has 0 fully saturated rings. The van der Waals surface area contributed by atoms with Gasteiger partial charge in [0.15, 0.2) is 0 Å². The molecule has 0 aliphatic rings. The van der Waals surface area contributed by atoms with Gasteiger partial charge in [0, 0.05) is 7.05 Å². The average Bonchev–Trinajstić information content (AvgIpc) is 3.24. The molecule has 0 saturated carbocycles. The van der Waals surface area contributed by atoms with Gasteiger partial charge < -0.3 is 20.2 Å². The van der Waals surface area contributed by atoms with Gasteiger partial charge >= 0.3 is 11.6 Å². The normalized spacial score (nSPS) is 11.6. The Labute approximate surface area is 148 Å². The van der Waals surface area contributed by atoms with E-state index in [4.69, 9.17) is 0 Å². The maximum atomic E-state index is 12.7. The molecule has 0 saturated heterocycles. The van der Waals surface area contributed by atoms with Gasteiger partial charge in [-0.15, -0.1) is 10.2 Å². The van der Waals surface area contributed by atoms with E-state index in [2.05, 4.69) is 20.2 Å². The lowest BCUT2D eigenvalue weighted by Crippen LogP contribution is -2.09. The van der Waals surface area contributed by atoms with Crippen LogP contribution in [0.1, 0.15) is 0 Å². The van der Waals surface area contributed by atoms with Crippen LogP contribution in [0.2, 0.25) is 0 Å². The van der Waals surface area contributed by atoms with Crippen LogP contribution in [-0.2, 0) is 23.9 Å². The fourth-order valence-electron chi connectivity index (χ4n) is 2.10. The smallest absolute Gasteiger partial charge is 0.358 e. The van der Waals surface area contributed by atoms with Crippen molar-refractivity contribution in [3.05, 3.63) is 32.8 Å². The number of imidazole rings is 2.